The predicted octanol–water partition coefficient (Wildman–Crippen LogP) is 5.00. The van der Waals surface area contributed by atoms with Gasteiger partial charge in [0.15, 0.2) is 18.1 Å². The summed E-state index contributed by atoms with van der Waals surface area (Å²) in [6, 6.07) is 25.0. The van der Waals surface area contributed by atoms with Crippen molar-refractivity contribution in [1.29, 1.82) is 0 Å². The minimum Gasteiger partial charge on any atom is -0.497 e. The predicted molar refractivity (Wildman–Crippen MR) is 141 cm³/mol. The van der Waals surface area contributed by atoms with Gasteiger partial charge in [0.05, 0.1) is 25.5 Å². The Balaban J connectivity index is 1.36. The number of fused-ring (bicyclic) bond motifs is 1. The molecule has 0 heterocycles. The Labute approximate surface area is 214 Å². The summed E-state index contributed by atoms with van der Waals surface area (Å²) >= 11 is 0. The second-order valence-corrected chi connectivity index (χ2v) is 7.82. The van der Waals surface area contributed by atoms with Gasteiger partial charge in [-0.05, 0) is 66.4 Å². The number of hydrazone groups is 1. The number of ether oxygens (including phenoxy) is 4. The fourth-order valence-electron chi connectivity index (χ4n) is 3.52. The zero-order valence-corrected chi connectivity index (χ0v) is 20.5. The van der Waals surface area contributed by atoms with Gasteiger partial charge in [0.1, 0.15) is 11.5 Å². The van der Waals surface area contributed by atoms with Crippen LogP contribution >= 0.6 is 0 Å². The second kappa shape index (κ2) is 12.2. The first-order valence-electron chi connectivity index (χ1n) is 11.6. The quantitative estimate of drug-likeness (QED) is 0.143. The van der Waals surface area contributed by atoms with Crippen molar-refractivity contribution in [3.05, 3.63) is 96.1 Å². The Hall–Kier alpha value is -4.85. The smallest absolute Gasteiger partial charge is 0.343 e. The van der Waals surface area contributed by atoms with Crippen LogP contribution in [0.1, 0.15) is 22.8 Å². The molecule has 0 unspecified atom stereocenters. The lowest BCUT2D eigenvalue weighted by Gasteiger charge is -2.11. The monoisotopic (exact) mass is 498 g/mol. The van der Waals surface area contributed by atoms with Gasteiger partial charge >= 0.3 is 5.97 Å². The van der Waals surface area contributed by atoms with Gasteiger partial charge in [0.25, 0.3) is 5.91 Å². The number of amides is 1. The molecule has 0 saturated heterocycles. The molecule has 37 heavy (non-hydrogen) atoms. The van der Waals surface area contributed by atoms with Crippen molar-refractivity contribution < 1.29 is 28.5 Å². The normalized spacial score (nSPS) is 10.8. The zero-order valence-electron chi connectivity index (χ0n) is 20.5. The largest absolute Gasteiger partial charge is 0.497 e. The van der Waals surface area contributed by atoms with Crippen molar-refractivity contribution in [2.24, 2.45) is 5.10 Å². The Morgan fingerprint density at radius 1 is 0.865 bits per heavy atom. The Morgan fingerprint density at radius 3 is 2.43 bits per heavy atom. The fourth-order valence-corrected chi connectivity index (χ4v) is 3.52. The van der Waals surface area contributed by atoms with Crippen LogP contribution in [0.2, 0.25) is 0 Å². The van der Waals surface area contributed by atoms with Crippen LogP contribution in [-0.2, 0) is 4.79 Å². The lowest BCUT2D eigenvalue weighted by molar-refractivity contribution is -0.123. The summed E-state index contributed by atoms with van der Waals surface area (Å²) in [5.41, 5.74) is 3.47. The second-order valence-electron chi connectivity index (χ2n) is 7.82. The molecule has 1 amide bonds. The molecule has 0 aliphatic carbocycles. The van der Waals surface area contributed by atoms with Gasteiger partial charge in [0.2, 0.25) is 0 Å². The van der Waals surface area contributed by atoms with Gasteiger partial charge in [-0.15, -0.1) is 0 Å². The number of nitrogens with zero attached hydrogens (tertiary/aromatic N) is 1. The number of nitrogens with one attached hydrogen (secondary N) is 1. The number of benzene rings is 4. The van der Waals surface area contributed by atoms with E-state index in [0.29, 0.717) is 35.0 Å². The number of hydrogen-bond donors (Lipinski definition) is 1. The van der Waals surface area contributed by atoms with E-state index in [4.69, 9.17) is 18.9 Å². The highest BCUT2D eigenvalue weighted by molar-refractivity contribution is 5.92. The van der Waals surface area contributed by atoms with Gasteiger partial charge in [-0.3, -0.25) is 4.79 Å². The molecular formula is C29H26N2O6. The van der Waals surface area contributed by atoms with E-state index >= 15 is 0 Å². The SMILES string of the molecule is CCOc1cc(C=NNC(=O)COc2cccc3ccccc23)ccc1OC(=O)c1ccc(OC)cc1. The van der Waals surface area contributed by atoms with Gasteiger partial charge < -0.3 is 18.9 Å². The third-order valence-corrected chi connectivity index (χ3v) is 5.31. The summed E-state index contributed by atoms with van der Waals surface area (Å²) in [6.45, 7) is 2.01. The highest BCUT2D eigenvalue weighted by Crippen LogP contribution is 2.29. The lowest BCUT2D eigenvalue weighted by Crippen LogP contribution is -2.24. The molecule has 0 aliphatic rings. The molecule has 0 atom stereocenters. The average molecular weight is 499 g/mol. The molecule has 8 heteroatoms. The molecule has 0 saturated carbocycles. The number of rotatable bonds is 10. The van der Waals surface area contributed by atoms with Crippen molar-refractivity contribution >= 4 is 28.9 Å². The average Bonchev–Trinajstić information content (AvgIpc) is 2.93. The summed E-state index contributed by atoms with van der Waals surface area (Å²) in [4.78, 5) is 24.8. The third kappa shape index (κ3) is 6.64. The van der Waals surface area contributed by atoms with E-state index in [1.54, 1.807) is 49.6 Å². The van der Waals surface area contributed by atoms with Crippen LogP contribution in [0.3, 0.4) is 0 Å². The Bertz CT molecular complexity index is 1410. The summed E-state index contributed by atoms with van der Waals surface area (Å²) in [6.07, 6.45) is 1.47. The molecule has 188 valence electrons. The molecule has 8 nitrogen and oxygen atoms in total. The standard InChI is InChI=1S/C29H26N2O6/c1-3-35-27-17-20(11-16-26(27)37-29(33)22-12-14-23(34-2)15-13-22)18-30-31-28(32)19-36-25-10-6-8-21-7-4-5-9-24(21)25/h4-18H,3,19H2,1-2H3,(H,31,32). The summed E-state index contributed by atoms with van der Waals surface area (Å²) < 4.78 is 21.9. The number of methoxy groups -OCH3 is 1. The summed E-state index contributed by atoms with van der Waals surface area (Å²) in [5.74, 6) is 0.981. The molecule has 4 rings (SSSR count). The number of hydrogen-bond acceptors (Lipinski definition) is 7. The summed E-state index contributed by atoms with van der Waals surface area (Å²) in [5, 5.41) is 5.95. The van der Waals surface area contributed by atoms with Crippen LogP contribution in [0, 0.1) is 0 Å². The van der Waals surface area contributed by atoms with Gasteiger partial charge in [-0.1, -0.05) is 36.4 Å². The minimum absolute atomic E-state index is 0.185. The van der Waals surface area contributed by atoms with Crippen LogP contribution in [0.5, 0.6) is 23.0 Å². The molecule has 1 N–H and O–H groups in total. The van der Waals surface area contributed by atoms with Crippen molar-refractivity contribution in [1.82, 2.24) is 5.43 Å². The Kier molecular flexibility index (Phi) is 8.33. The van der Waals surface area contributed by atoms with Gasteiger partial charge in [-0.25, -0.2) is 10.2 Å². The first kappa shape index (κ1) is 25.2. The van der Waals surface area contributed by atoms with Crippen LogP contribution in [0.25, 0.3) is 10.8 Å². The van der Waals surface area contributed by atoms with E-state index < -0.39 is 11.9 Å². The van der Waals surface area contributed by atoms with Crippen LogP contribution in [-0.4, -0.2) is 38.4 Å². The van der Waals surface area contributed by atoms with Crippen molar-refractivity contribution in [3.63, 3.8) is 0 Å². The molecule has 0 fully saturated rings. The fraction of sp³-hybridized carbons (Fsp3) is 0.138. The topological polar surface area (TPSA) is 95.5 Å². The number of carbonyl (C=O) groups excluding carboxylic acids is 2. The van der Waals surface area contributed by atoms with E-state index in [1.165, 1.54) is 6.21 Å². The van der Waals surface area contributed by atoms with E-state index in [2.05, 4.69) is 10.5 Å². The van der Waals surface area contributed by atoms with E-state index in [-0.39, 0.29) is 12.4 Å². The van der Waals surface area contributed by atoms with Crippen molar-refractivity contribution in [3.8, 4) is 23.0 Å². The van der Waals surface area contributed by atoms with E-state index in [1.807, 2.05) is 49.4 Å². The van der Waals surface area contributed by atoms with Crippen LogP contribution in [0.15, 0.2) is 90.0 Å². The molecule has 0 spiro atoms. The molecule has 0 aromatic heterocycles. The van der Waals surface area contributed by atoms with Crippen LogP contribution < -0.4 is 24.4 Å². The van der Waals surface area contributed by atoms with Crippen molar-refractivity contribution in [2.45, 2.75) is 6.92 Å². The maximum atomic E-state index is 12.5. The first-order chi connectivity index (χ1) is 18.1. The molecule has 0 aliphatic heterocycles. The van der Waals surface area contributed by atoms with Crippen molar-refractivity contribution in [2.75, 3.05) is 20.3 Å². The minimum atomic E-state index is -0.525. The number of carbonyl (C=O) groups is 2. The molecule has 4 aromatic rings. The maximum absolute atomic E-state index is 12.5. The third-order valence-electron chi connectivity index (χ3n) is 5.31. The zero-order chi connectivity index (χ0) is 26.0. The van der Waals surface area contributed by atoms with Gasteiger partial charge in [0, 0.05) is 5.39 Å². The highest BCUT2D eigenvalue weighted by Gasteiger charge is 2.13. The van der Waals surface area contributed by atoms with Crippen LogP contribution in [0.4, 0.5) is 0 Å². The van der Waals surface area contributed by atoms with E-state index in [9.17, 15) is 9.59 Å². The molecule has 0 bridgehead atoms. The van der Waals surface area contributed by atoms with Gasteiger partial charge in [-0.2, -0.15) is 5.10 Å². The molecule has 4 aromatic carbocycles. The highest BCUT2D eigenvalue weighted by atomic mass is 16.6. The number of esters is 1. The Morgan fingerprint density at radius 2 is 1.65 bits per heavy atom. The lowest BCUT2D eigenvalue weighted by atomic mass is 10.1. The first-order valence-corrected chi connectivity index (χ1v) is 11.6. The molecule has 0 radical (unpaired) electrons. The maximum Gasteiger partial charge on any atom is 0.343 e. The molecular weight excluding hydrogens is 472 g/mol. The van der Waals surface area contributed by atoms with E-state index in [0.717, 1.165) is 10.8 Å². The summed E-state index contributed by atoms with van der Waals surface area (Å²) in [7, 11) is 1.55.